The molecule has 1 atom stereocenters. The van der Waals surface area contributed by atoms with Crippen molar-refractivity contribution in [3.8, 4) is 5.75 Å². The van der Waals surface area contributed by atoms with Crippen LogP contribution < -0.4 is 15.7 Å². The fourth-order valence-corrected chi connectivity index (χ4v) is 5.44. The third kappa shape index (κ3) is 7.68. The van der Waals surface area contributed by atoms with Gasteiger partial charge >= 0.3 is 11.8 Å². The summed E-state index contributed by atoms with van der Waals surface area (Å²) in [6, 6.07) is 18.2. The molecule has 10 nitrogen and oxygen atoms in total. The molecule has 1 N–H and O–H groups in total. The number of aromatic nitrogens is 3. The molecule has 0 saturated heterocycles. The smallest absolute Gasteiger partial charge is 0.407 e. The van der Waals surface area contributed by atoms with Gasteiger partial charge < -0.3 is 19.7 Å². The van der Waals surface area contributed by atoms with Gasteiger partial charge in [-0.1, -0.05) is 37.3 Å². The van der Waals surface area contributed by atoms with Crippen LogP contribution in [-0.4, -0.2) is 56.9 Å². The largest absolute Gasteiger partial charge is 0.497 e. The van der Waals surface area contributed by atoms with Crippen LogP contribution in [0.25, 0.3) is 5.52 Å². The third-order valence-corrected chi connectivity index (χ3v) is 8.14. The van der Waals surface area contributed by atoms with E-state index < -0.39 is 17.7 Å². The van der Waals surface area contributed by atoms with Crippen LogP contribution in [0, 0.1) is 6.92 Å². The topological polar surface area (TPSA) is 107 Å². The summed E-state index contributed by atoms with van der Waals surface area (Å²) in [5, 5.41) is 7.26. The molecule has 0 saturated carbocycles. The molecule has 0 spiro atoms. The summed E-state index contributed by atoms with van der Waals surface area (Å²) in [7, 11) is 1.58. The molecule has 234 valence electrons. The summed E-state index contributed by atoms with van der Waals surface area (Å²) in [6.07, 6.45) is 0.495. The predicted molar refractivity (Wildman–Crippen MR) is 173 cm³/mol. The standard InChI is InChI=1S/C33H40BrN5O5/c1-7-26(27-20-28-29(34)22(2)36-39(28)32(42)38(27)21-23-12-9-8-10-13-23)37(19-11-18-35-31(41)44-33(3,4)5)30(40)24-14-16-25(43-6)17-15-24/h8-10,12-17,20,26H,7,11,18-19,21H2,1-6H3,(H,35,41). The van der Waals surface area contributed by atoms with E-state index in [9.17, 15) is 14.4 Å². The molecule has 4 aromatic rings. The number of halogens is 1. The van der Waals surface area contributed by atoms with Crippen LogP contribution in [0.3, 0.4) is 0 Å². The van der Waals surface area contributed by atoms with Gasteiger partial charge in [0.15, 0.2) is 0 Å². The van der Waals surface area contributed by atoms with Crippen LogP contribution in [0.2, 0.25) is 0 Å². The maximum atomic E-state index is 14.2. The van der Waals surface area contributed by atoms with Gasteiger partial charge in [0.2, 0.25) is 0 Å². The molecule has 11 heteroatoms. The number of carbonyl (C=O) groups excluding carboxylic acids is 2. The van der Waals surface area contributed by atoms with Crippen molar-refractivity contribution in [1.29, 1.82) is 0 Å². The number of ether oxygens (including phenoxy) is 2. The lowest BCUT2D eigenvalue weighted by atomic mass is 10.0. The molecule has 0 fully saturated rings. The fourth-order valence-electron chi connectivity index (χ4n) is 5.08. The van der Waals surface area contributed by atoms with E-state index in [0.29, 0.717) is 60.7 Å². The Labute approximate surface area is 266 Å². The quantitative estimate of drug-likeness (QED) is 0.193. The Bertz CT molecular complexity index is 1660. The Balaban J connectivity index is 1.77. The van der Waals surface area contributed by atoms with E-state index in [1.165, 1.54) is 4.52 Å². The summed E-state index contributed by atoms with van der Waals surface area (Å²) in [4.78, 5) is 42.2. The second kappa shape index (κ2) is 14.1. The second-order valence-corrected chi connectivity index (χ2v) is 12.3. The van der Waals surface area contributed by atoms with E-state index in [0.717, 1.165) is 10.0 Å². The molecule has 4 rings (SSSR count). The van der Waals surface area contributed by atoms with E-state index in [-0.39, 0.29) is 11.6 Å². The summed E-state index contributed by atoms with van der Waals surface area (Å²) in [5.41, 5.74) is 2.54. The van der Waals surface area contributed by atoms with Crippen LogP contribution in [0.5, 0.6) is 5.75 Å². The van der Waals surface area contributed by atoms with Gasteiger partial charge in [0, 0.05) is 24.3 Å². The number of nitrogens with one attached hydrogen (secondary N) is 1. The molecule has 44 heavy (non-hydrogen) atoms. The summed E-state index contributed by atoms with van der Waals surface area (Å²) in [5.74, 6) is 0.448. The monoisotopic (exact) mass is 665 g/mol. The number of aryl methyl sites for hydroxylation is 1. The minimum atomic E-state index is -0.616. The van der Waals surface area contributed by atoms with Crippen molar-refractivity contribution in [2.24, 2.45) is 0 Å². The maximum Gasteiger partial charge on any atom is 0.407 e. The number of hydrogen-bond acceptors (Lipinski definition) is 6. The first-order chi connectivity index (χ1) is 20.9. The molecule has 2 aromatic carbocycles. The Kier molecular flexibility index (Phi) is 10.5. The van der Waals surface area contributed by atoms with E-state index in [4.69, 9.17) is 9.47 Å². The molecular weight excluding hydrogens is 626 g/mol. The first kappa shape index (κ1) is 32.8. The Hall–Kier alpha value is -4.12. The molecule has 0 aliphatic rings. The zero-order chi connectivity index (χ0) is 32.0. The van der Waals surface area contributed by atoms with Crippen molar-refractivity contribution in [2.45, 2.75) is 65.6 Å². The van der Waals surface area contributed by atoms with Crippen molar-refractivity contribution in [3.05, 3.63) is 98.1 Å². The number of hydrogen-bond donors (Lipinski definition) is 1. The van der Waals surface area contributed by atoms with Gasteiger partial charge in [-0.3, -0.25) is 9.36 Å². The predicted octanol–water partition coefficient (Wildman–Crippen LogP) is 6.13. The first-order valence-corrected chi connectivity index (χ1v) is 15.5. The maximum absolute atomic E-state index is 14.2. The van der Waals surface area contributed by atoms with Crippen LogP contribution >= 0.6 is 15.9 Å². The van der Waals surface area contributed by atoms with E-state index in [1.54, 1.807) is 61.6 Å². The summed E-state index contributed by atoms with van der Waals surface area (Å²) in [6.45, 7) is 10.2. The number of nitrogens with zero attached hydrogens (tertiary/aromatic N) is 4. The first-order valence-electron chi connectivity index (χ1n) is 14.7. The minimum absolute atomic E-state index is 0.195. The highest BCUT2D eigenvalue weighted by molar-refractivity contribution is 9.10. The SMILES string of the molecule is CCC(c1cc2c(Br)c(C)nn2c(=O)n1Cc1ccccc1)N(CCCNC(=O)OC(C)(C)C)C(=O)c1ccc(OC)cc1. The summed E-state index contributed by atoms with van der Waals surface area (Å²) < 4.78 is 14.5. The second-order valence-electron chi connectivity index (χ2n) is 11.6. The van der Waals surface area contributed by atoms with Gasteiger partial charge in [-0.15, -0.1) is 0 Å². The lowest BCUT2D eigenvalue weighted by molar-refractivity contribution is 0.0523. The highest BCUT2D eigenvalue weighted by atomic mass is 79.9. The number of fused-ring (bicyclic) bond motifs is 1. The Morgan fingerprint density at radius 2 is 1.77 bits per heavy atom. The molecule has 0 aliphatic carbocycles. The molecular formula is C33H40BrN5O5. The average Bonchev–Trinajstić information content (AvgIpc) is 3.28. The number of methoxy groups -OCH3 is 1. The van der Waals surface area contributed by atoms with Gasteiger partial charge in [0.1, 0.15) is 11.4 Å². The summed E-state index contributed by atoms with van der Waals surface area (Å²) >= 11 is 3.61. The molecule has 0 aliphatic heterocycles. The minimum Gasteiger partial charge on any atom is -0.497 e. The van der Waals surface area contributed by atoms with Gasteiger partial charge in [-0.05, 0) is 92.4 Å². The van der Waals surface area contributed by atoms with E-state index in [1.807, 2.05) is 50.2 Å². The molecule has 2 amide bonds. The molecule has 2 heterocycles. The Morgan fingerprint density at radius 1 is 1.09 bits per heavy atom. The van der Waals surface area contributed by atoms with E-state index >= 15 is 0 Å². The number of rotatable bonds is 11. The fraction of sp³-hybridized carbons (Fsp3) is 0.394. The molecule has 1 unspecified atom stereocenters. The van der Waals surface area contributed by atoms with Crippen molar-refractivity contribution in [1.82, 2.24) is 24.4 Å². The van der Waals surface area contributed by atoms with Gasteiger partial charge in [-0.2, -0.15) is 9.61 Å². The molecule has 0 bridgehead atoms. The van der Waals surface area contributed by atoms with Crippen LogP contribution in [-0.2, 0) is 11.3 Å². The highest BCUT2D eigenvalue weighted by Gasteiger charge is 2.29. The number of amides is 2. The zero-order valence-corrected chi connectivity index (χ0v) is 27.7. The molecule has 0 radical (unpaired) electrons. The number of carbonyl (C=O) groups is 2. The van der Waals surface area contributed by atoms with Gasteiger partial charge in [0.05, 0.1) is 35.4 Å². The van der Waals surface area contributed by atoms with Gasteiger partial charge in [0.25, 0.3) is 5.91 Å². The van der Waals surface area contributed by atoms with Crippen LogP contribution in [0.15, 0.2) is 69.9 Å². The third-order valence-electron chi connectivity index (χ3n) is 7.16. The van der Waals surface area contributed by atoms with Gasteiger partial charge in [-0.25, -0.2) is 9.59 Å². The number of alkyl carbamates (subject to hydrolysis) is 1. The normalized spacial score (nSPS) is 12.2. The zero-order valence-electron chi connectivity index (χ0n) is 26.1. The van der Waals surface area contributed by atoms with Crippen molar-refractivity contribution >= 4 is 33.4 Å². The van der Waals surface area contributed by atoms with E-state index in [2.05, 4.69) is 26.3 Å². The van der Waals surface area contributed by atoms with Crippen molar-refractivity contribution < 1.29 is 19.1 Å². The van der Waals surface area contributed by atoms with Crippen LogP contribution in [0.4, 0.5) is 4.79 Å². The Morgan fingerprint density at radius 3 is 2.39 bits per heavy atom. The lowest BCUT2D eigenvalue weighted by Crippen LogP contribution is -2.41. The van der Waals surface area contributed by atoms with Crippen molar-refractivity contribution in [3.63, 3.8) is 0 Å². The lowest BCUT2D eigenvalue weighted by Gasteiger charge is -2.33. The molecule has 2 aromatic heterocycles. The van der Waals surface area contributed by atoms with Crippen molar-refractivity contribution in [2.75, 3.05) is 20.2 Å². The average molecular weight is 667 g/mol. The number of benzene rings is 2. The van der Waals surface area contributed by atoms with Crippen LogP contribution in [0.1, 0.15) is 73.9 Å². The highest BCUT2D eigenvalue weighted by Crippen LogP contribution is 2.30.